The van der Waals surface area contributed by atoms with Crippen LogP contribution in [0.5, 0.6) is 11.5 Å². The van der Waals surface area contributed by atoms with Crippen molar-refractivity contribution in [1.82, 2.24) is 10.2 Å². The smallest absolute Gasteiger partial charge is 0.252 e. The molecule has 10 nitrogen and oxygen atoms in total. The Morgan fingerprint density at radius 3 is 2.78 bits per heavy atom. The maximum atomic E-state index is 13.9. The summed E-state index contributed by atoms with van der Waals surface area (Å²) in [5.74, 6) is -1.45. The first kappa shape index (κ1) is 28.7. The van der Waals surface area contributed by atoms with Crippen LogP contribution in [0.2, 0.25) is 0 Å². The van der Waals surface area contributed by atoms with E-state index in [4.69, 9.17) is 14.2 Å². The Balaban J connectivity index is 1.56. The Hall–Kier alpha value is -3.80. The van der Waals surface area contributed by atoms with E-state index in [1.54, 1.807) is 24.3 Å². The molecule has 2 aromatic carbocycles. The molecule has 2 aliphatic heterocycles. The summed E-state index contributed by atoms with van der Waals surface area (Å²) in [7, 11) is 1.42. The summed E-state index contributed by atoms with van der Waals surface area (Å²) in [6, 6.07) is 8.18. The molecule has 1 fully saturated rings. The molecular weight excluding hydrogens is 535 g/mol. The standard InChI is InChI=1S/C30H33FN2O8/c1-39-24-14-18(16-35)13-20-25-21(29(37)32-8-10-34)15-22(26(36)28(25)41-27(20)24)33(30(38)23-6-3-11-40-23)9-7-17-4-2-5-19(31)12-17/h2,4-5,12-16,22-23,25-26,28,34,36H,3,6-11H2,1H3,(H,32,37). The molecule has 11 heteroatoms. The fourth-order valence-corrected chi connectivity index (χ4v) is 5.86. The number of ether oxygens (including phenoxy) is 3. The van der Waals surface area contributed by atoms with E-state index in [1.165, 1.54) is 30.2 Å². The van der Waals surface area contributed by atoms with Crippen molar-refractivity contribution in [3.63, 3.8) is 0 Å². The molecule has 218 valence electrons. The first-order valence-electron chi connectivity index (χ1n) is 13.7. The van der Waals surface area contributed by atoms with Crippen LogP contribution in [0.1, 0.15) is 40.2 Å². The number of carbonyl (C=O) groups excluding carboxylic acids is 3. The number of aldehydes is 1. The second-order valence-corrected chi connectivity index (χ2v) is 10.3. The number of nitrogens with one attached hydrogen (secondary N) is 1. The van der Waals surface area contributed by atoms with Gasteiger partial charge in [0.2, 0.25) is 5.91 Å². The van der Waals surface area contributed by atoms with Crippen LogP contribution in [-0.4, -0.2) is 91.0 Å². The molecule has 1 aliphatic carbocycles. The van der Waals surface area contributed by atoms with Crippen molar-refractivity contribution in [2.24, 2.45) is 0 Å². The first-order valence-corrected chi connectivity index (χ1v) is 13.7. The van der Waals surface area contributed by atoms with Crippen LogP contribution in [0.3, 0.4) is 0 Å². The van der Waals surface area contributed by atoms with Gasteiger partial charge in [-0.05, 0) is 55.2 Å². The summed E-state index contributed by atoms with van der Waals surface area (Å²) in [5.41, 5.74) is 1.69. The predicted molar refractivity (Wildman–Crippen MR) is 144 cm³/mol. The van der Waals surface area contributed by atoms with E-state index in [-0.39, 0.29) is 36.9 Å². The lowest BCUT2D eigenvalue weighted by Crippen LogP contribution is -2.57. The van der Waals surface area contributed by atoms with Crippen molar-refractivity contribution >= 4 is 18.1 Å². The number of fused-ring (bicyclic) bond motifs is 3. The summed E-state index contributed by atoms with van der Waals surface area (Å²) in [4.78, 5) is 40.3. The molecule has 0 bridgehead atoms. The molecule has 5 rings (SSSR count). The highest BCUT2D eigenvalue weighted by atomic mass is 19.1. The fraction of sp³-hybridized carbons (Fsp3) is 0.433. The Morgan fingerprint density at radius 1 is 1.27 bits per heavy atom. The van der Waals surface area contributed by atoms with Crippen LogP contribution >= 0.6 is 0 Å². The number of amides is 2. The molecule has 0 aromatic heterocycles. The van der Waals surface area contributed by atoms with Crippen molar-refractivity contribution in [2.45, 2.75) is 49.5 Å². The van der Waals surface area contributed by atoms with E-state index in [0.717, 1.165) is 0 Å². The second-order valence-electron chi connectivity index (χ2n) is 10.3. The lowest BCUT2D eigenvalue weighted by atomic mass is 9.77. The number of hydrogen-bond acceptors (Lipinski definition) is 8. The fourth-order valence-electron chi connectivity index (χ4n) is 5.86. The number of hydrogen-bond donors (Lipinski definition) is 3. The van der Waals surface area contributed by atoms with Gasteiger partial charge in [-0.15, -0.1) is 0 Å². The third kappa shape index (κ3) is 5.70. The Morgan fingerprint density at radius 2 is 2.10 bits per heavy atom. The topological polar surface area (TPSA) is 135 Å². The summed E-state index contributed by atoms with van der Waals surface area (Å²) in [6.07, 6.45) is 0.773. The second kappa shape index (κ2) is 12.4. The van der Waals surface area contributed by atoms with Gasteiger partial charge >= 0.3 is 0 Å². The van der Waals surface area contributed by atoms with Crippen molar-refractivity contribution in [3.8, 4) is 11.5 Å². The van der Waals surface area contributed by atoms with Crippen molar-refractivity contribution in [1.29, 1.82) is 0 Å². The van der Waals surface area contributed by atoms with Gasteiger partial charge in [0.1, 0.15) is 30.4 Å². The number of rotatable bonds is 10. The summed E-state index contributed by atoms with van der Waals surface area (Å²) < 4.78 is 31.2. The zero-order chi connectivity index (χ0) is 29.1. The van der Waals surface area contributed by atoms with Crippen LogP contribution in [0.15, 0.2) is 48.0 Å². The lowest BCUT2D eigenvalue weighted by Gasteiger charge is -2.41. The lowest BCUT2D eigenvalue weighted by molar-refractivity contribution is -0.146. The van der Waals surface area contributed by atoms with Gasteiger partial charge in [0, 0.05) is 36.4 Å². The number of aliphatic hydroxyl groups excluding tert-OH is 2. The van der Waals surface area contributed by atoms with E-state index < -0.39 is 42.0 Å². The molecular formula is C30H33FN2O8. The van der Waals surface area contributed by atoms with Gasteiger partial charge in [0.05, 0.1) is 25.7 Å². The largest absolute Gasteiger partial charge is 0.493 e. The molecule has 3 N–H and O–H groups in total. The van der Waals surface area contributed by atoms with Crippen molar-refractivity contribution in [3.05, 3.63) is 70.6 Å². The van der Waals surface area contributed by atoms with Gasteiger partial charge in [0.25, 0.3) is 5.91 Å². The number of methoxy groups -OCH3 is 1. The van der Waals surface area contributed by atoms with E-state index in [9.17, 15) is 29.0 Å². The molecule has 1 saturated heterocycles. The van der Waals surface area contributed by atoms with Crippen molar-refractivity contribution in [2.75, 3.05) is 33.4 Å². The minimum absolute atomic E-state index is 0.00960. The van der Waals surface area contributed by atoms with Gasteiger partial charge in [-0.25, -0.2) is 4.39 Å². The highest BCUT2D eigenvalue weighted by Crippen LogP contribution is 2.51. The van der Waals surface area contributed by atoms with Gasteiger partial charge < -0.3 is 34.6 Å². The molecule has 2 aromatic rings. The maximum absolute atomic E-state index is 13.9. The van der Waals surface area contributed by atoms with Crippen LogP contribution in [-0.2, 0) is 20.7 Å². The van der Waals surface area contributed by atoms with Gasteiger partial charge in [-0.1, -0.05) is 12.1 Å². The predicted octanol–water partition coefficient (Wildman–Crippen LogP) is 1.52. The molecule has 2 amide bonds. The van der Waals surface area contributed by atoms with Crippen molar-refractivity contribution < 1.29 is 43.2 Å². The summed E-state index contributed by atoms with van der Waals surface area (Å²) in [6.45, 7) is 0.264. The molecule has 2 heterocycles. The minimum atomic E-state index is -1.27. The number of nitrogens with zero attached hydrogens (tertiary/aromatic N) is 1. The Labute approximate surface area is 236 Å². The molecule has 3 aliphatic rings. The van der Waals surface area contributed by atoms with Gasteiger partial charge in [-0.3, -0.25) is 14.4 Å². The van der Waals surface area contributed by atoms with E-state index in [2.05, 4.69) is 5.32 Å². The van der Waals surface area contributed by atoms with Gasteiger partial charge in [-0.2, -0.15) is 0 Å². The average Bonchev–Trinajstić information content (AvgIpc) is 3.65. The highest BCUT2D eigenvalue weighted by Gasteiger charge is 2.52. The highest BCUT2D eigenvalue weighted by molar-refractivity contribution is 5.96. The zero-order valence-corrected chi connectivity index (χ0v) is 22.6. The molecule has 0 spiro atoms. The first-order chi connectivity index (χ1) is 19.9. The average molecular weight is 569 g/mol. The SMILES string of the molecule is COc1cc(C=O)cc2c1OC1C2C(C(=O)NCCO)=CC(N(CCc2cccc(F)c2)C(=O)C2CCCO2)C1O. The number of aliphatic hydroxyl groups is 2. The molecule has 5 atom stereocenters. The third-order valence-corrected chi connectivity index (χ3v) is 7.79. The molecule has 0 saturated carbocycles. The zero-order valence-electron chi connectivity index (χ0n) is 22.6. The quantitative estimate of drug-likeness (QED) is 0.368. The maximum Gasteiger partial charge on any atom is 0.252 e. The van der Waals surface area contributed by atoms with E-state index in [0.29, 0.717) is 54.6 Å². The normalized spacial score (nSPS) is 24.5. The summed E-state index contributed by atoms with van der Waals surface area (Å²) >= 11 is 0. The number of halogens is 1. The molecule has 5 unspecified atom stereocenters. The van der Waals surface area contributed by atoms with E-state index in [1.807, 2.05) is 0 Å². The molecule has 41 heavy (non-hydrogen) atoms. The van der Waals surface area contributed by atoms with Crippen LogP contribution < -0.4 is 14.8 Å². The van der Waals surface area contributed by atoms with Crippen LogP contribution in [0, 0.1) is 5.82 Å². The van der Waals surface area contributed by atoms with Gasteiger partial charge in [0.15, 0.2) is 11.5 Å². The van der Waals surface area contributed by atoms with Crippen LogP contribution in [0.4, 0.5) is 4.39 Å². The van der Waals surface area contributed by atoms with Crippen LogP contribution in [0.25, 0.3) is 0 Å². The molecule has 0 radical (unpaired) electrons. The monoisotopic (exact) mass is 568 g/mol. The summed E-state index contributed by atoms with van der Waals surface area (Å²) in [5, 5.41) is 23.7. The Kier molecular flexibility index (Phi) is 8.67. The Bertz CT molecular complexity index is 1340. The number of carbonyl (C=O) groups is 3. The van der Waals surface area contributed by atoms with E-state index >= 15 is 0 Å². The number of benzene rings is 2. The minimum Gasteiger partial charge on any atom is -0.493 e. The third-order valence-electron chi connectivity index (χ3n) is 7.79.